The largest absolute Gasteiger partial charge is 0.330 e. The van der Waals surface area contributed by atoms with Gasteiger partial charge in [0.2, 0.25) is 11.8 Å². The normalized spacial score (nSPS) is 20.9. The van der Waals surface area contributed by atoms with Crippen molar-refractivity contribution in [1.82, 2.24) is 10.2 Å². The molecule has 3 N–H and O–H groups in total. The molecule has 1 aliphatic heterocycles. The van der Waals surface area contributed by atoms with Crippen LogP contribution in [0.1, 0.15) is 40.5 Å². The van der Waals surface area contributed by atoms with Crippen LogP contribution in [-0.4, -0.2) is 41.9 Å². The van der Waals surface area contributed by atoms with Crippen molar-refractivity contribution in [2.75, 3.05) is 19.6 Å². The van der Waals surface area contributed by atoms with Crippen LogP contribution >= 0.6 is 0 Å². The van der Waals surface area contributed by atoms with E-state index in [4.69, 9.17) is 5.73 Å². The maximum atomic E-state index is 11.8. The van der Waals surface area contributed by atoms with E-state index < -0.39 is 5.54 Å². The number of carbonyl (C=O) groups excluding carboxylic acids is 2. The number of carbonyl (C=O) groups is 2. The Kier molecular flexibility index (Phi) is 4.50. The summed E-state index contributed by atoms with van der Waals surface area (Å²) in [5.74, 6) is -0.422. The molecule has 104 valence electrons. The number of piperazine rings is 1. The standard InChI is InChI=1S/C13H25N3O2/c1-12(2,9-14)6-5-7-16-8-10(17)15-11(18)13(16,3)4/h5-9,14H2,1-4H3,(H,15,17,18). The fourth-order valence-corrected chi connectivity index (χ4v) is 2.04. The van der Waals surface area contributed by atoms with Gasteiger partial charge in [0.05, 0.1) is 12.1 Å². The van der Waals surface area contributed by atoms with Crippen LogP contribution in [0.15, 0.2) is 0 Å². The molecule has 18 heavy (non-hydrogen) atoms. The Labute approximate surface area is 109 Å². The lowest BCUT2D eigenvalue weighted by atomic mass is 9.87. The topological polar surface area (TPSA) is 75.4 Å². The van der Waals surface area contributed by atoms with Crippen LogP contribution in [0.3, 0.4) is 0 Å². The molecule has 1 fully saturated rings. The monoisotopic (exact) mass is 255 g/mol. The second kappa shape index (κ2) is 5.36. The first-order valence-corrected chi connectivity index (χ1v) is 6.48. The van der Waals surface area contributed by atoms with Gasteiger partial charge in [-0.1, -0.05) is 13.8 Å². The quantitative estimate of drug-likeness (QED) is 0.701. The Morgan fingerprint density at radius 1 is 1.39 bits per heavy atom. The fraction of sp³-hybridized carbons (Fsp3) is 0.846. The maximum absolute atomic E-state index is 11.8. The van der Waals surface area contributed by atoms with E-state index >= 15 is 0 Å². The van der Waals surface area contributed by atoms with Gasteiger partial charge in [0, 0.05) is 0 Å². The Hall–Kier alpha value is -0.940. The SMILES string of the molecule is CC(C)(CN)CCCN1CC(=O)NC(=O)C1(C)C. The van der Waals surface area contributed by atoms with Crippen LogP contribution in [0, 0.1) is 5.41 Å². The van der Waals surface area contributed by atoms with Gasteiger partial charge in [0.25, 0.3) is 0 Å². The van der Waals surface area contributed by atoms with Crippen molar-refractivity contribution in [3.63, 3.8) is 0 Å². The highest BCUT2D eigenvalue weighted by atomic mass is 16.2. The van der Waals surface area contributed by atoms with Crippen molar-refractivity contribution in [1.29, 1.82) is 0 Å². The van der Waals surface area contributed by atoms with Gasteiger partial charge in [-0.05, 0) is 45.2 Å². The van der Waals surface area contributed by atoms with Gasteiger partial charge in [0.15, 0.2) is 0 Å². The van der Waals surface area contributed by atoms with Crippen LogP contribution in [0.5, 0.6) is 0 Å². The van der Waals surface area contributed by atoms with Gasteiger partial charge < -0.3 is 5.73 Å². The summed E-state index contributed by atoms with van der Waals surface area (Å²) < 4.78 is 0. The Morgan fingerprint density at radius 3 is 2.56 bits per heavy atom. The van der Waals surface area contributed by atoms with Gasteiger partial charge in [-0.25, -0.2) is 0 Å². The summed E-state index contributed by atoms with van der Waals surface area (Å²) in [4.78, 5) is 25.1. The Morgan fingerprint density at radius 2 is 2.00 bits per heavy atom. The number of imide groups is 1. The van der Waals surface area contributed by atoms with Crippen LogP contribution in [0.25, 0.3) is 0 Å². The number of hydrogen-bond acceptors (Lipinski definition) is 4. The molecule has 0 unspecified atom stereocenters. The van der Waals surface area contributed by atoms with Crippen molar-refractivity contribution in [3.8, 4) is 0 Å². The van der Waals surface area contributed by atoms with Crippen molar-refractivity contribution >= 4 is 11.8 Å². The molecular formula is C13H25N3O2. The maximum Gasteiger partial charge on any atom is 0.246 e. The molecule has 5 nitrogen and oxygen atoms in total. The molecule has 0 aromatic heterocycles. The van der Waals surface area contributed by atoms with Crippen LogP contribution in [-0.2, 0) is 9.59 Å². The van der Waals surface area contributed by atoms with E-state index in [9.17, 15) is 9.59 Å². The molecule has 0 spiro atoms. The van der Waals surface area contributed by atoms with Crippen molar-refractivity contribution in [2.24, 2.45) is 11.1 Å². The number of rotatable bonds is 5. The minimum absolute atomic E-state index is 0.117. The molecule has 0 aromatic rings. The Bertz CT molecular complexity index is 337. The first-order valence-electron chi connectivity index (χ1n) is 6.48. The smallest absolute Gasteiger partial charge is 0.246 e. The summed E-state index contributed by atoms with van der Waals surface area (Å²) in [6.45, 7) is 9.65. The lowest BCUT2D eigenvalue weighted by molar-refractivity contribution is -0.145. The third kappa shape index (κ3) is 3.53. The highest BCUT2D eigenvalue weighted by Gasteiger charge is 2.40. The van der Waals surface area contributed by atoms with Crippen molar-refractivity contribution in [2.45, 2.75) is 46.1 Å². The zero-order valence-corrected chi connectivity index (χ0v) is 11.9. The van der Waals surface area contributed by atoms with Crippen molar-refractivity contribution < 1.29 is 9.59 Å². The fourth-order valence-electron chi connectivity index (χ4n) is 2.04. The summed E-state index contributed by atoms with van der Waals surface area (Å²) in [5, 5.41) is 2.38. The average molecular weight is 255 g/mol. The number of nitrogens with one attached hydrogen (secondary N) is 1. The van der Waals surface area contributed by atoms with Gasteiger partial charge in [-0.2, -0.15) is 0 Å². The summed E-state index contributed by atoms with van der Waals surface area (Å²) in [6.07, 6.45) is 1.93. The lowest BCUT2D eigenvalue weighted by Crippen LogP contribution is -2.64. The summed E-state index contributed by atoms with van der Waals surface area (Å²) in [6, 6.07) is 0. The van der Waals surface area contributed by atoms with Gasteiger partial charge >= 0.3 is 0 Å². The first-order chi connectivity index (χ1) is 8.19. The third-order valence-corrected chi connectivity index (χ3v) is 3.77. The molecule has 1 aliphatic rings. The molecular weight excluding hydrogens is 230 g/mol. The summed E-state index contributed by atoms with van der Waals surface area (Å²) >= 11 is 0. The van der Waals surface area contributed by atoms with E-state index in [1.807, 2.05) is 18.7 Å². The molecule has 0 radical (unpaired) electrons. The van der Waals surface area contributed by atoms with Crippen LogP contribution < -0.4 is 11.1 Å². The van der Waals surface area contributed by atoms with E-state index in [2.05, 4.69) is 19.2 Å². The van der Waals surface area contributed by atoms with Gasteiger partial charge in [-0.15, -0.1) is 0 Å². The van der Waals surface area contributed by atoms with Gasteiger partial charge in [0.1, 0.15) is 0 Å². The van der Waals surface area contributed by atoms with Crippen LogP contribution in [0.2, 0.25) is 0 Å². The zero-order valence-electron chi connectivity index (χ0n) is 11.9. The molecule has 0 aliphatic carbocycles. The molecule has 1 saturated heterocycles. The number of nitrogens with two attached hydrogens (primary N) is 1. The highest BCUT2D eigenvalue weighted by molar-refractivity contribution is 6.02. The molecule has 2 amide bonds. The second-order valence-electron chi connectivity index (χ2n) is 6.33. The summed E-state index contributed by atoms with van der Waals surface area (Å²) in [5.41, 5.74) is 5.20. The first kappa shape index (κ1) is 15.1. The van der Waals surface area contributed by atoms with E-state index in [0.717, 1.165) is 19.4 Å². The number of amides is 2. The van der Waals surface area contributed by atoms with Crippen LogP contribution in [0.4, 0.5) is 0 Å². The predicted molar refractivity (Wildman–Crippen MR) is 70.9 cm³/mol. The second-order valence-corrected chi connectivity index (χ2v) is 6.33. The predicted octanol–water partition coefficient (Wildman–Crippen LogP) is 0.489. The van der Waals surface area contributed by atoms with E-state index in [-0.39, 0.29) is 17.2 Å². The minimum Gasteiger partial charge on any atom is -0.330 e. The minimum atomic E-state index is -0.610. The lowest BCUT2D eigenvalue weighted by Gasteiger charge is -2.40. The van der Waals surface area contributed by atoms with Gasteiger partial charge in [-0.3, -0.25) is 19.8 Å². The molecule has 1 heterocycles. The third-order valence-electron chi connectivity index (χ3n) is 3.77. The number of hydrogen-bond donors (Lipinski definition) is 2. The molecule has 0 atom stereocenters. The molecule has 0 saturated carbocycles. The van der Waals surface area contributed by atoms with Crippen molar-refractivity contribution in [3.05, 3.63) is 0 Å². The molecule has 0 bridgehead atoms. The Balaban J connectivity index is 2.55. The van der Waals surface area contributed by atoms with E-state index in [1.54, 1.807) is 0 Å². The summed E-state index contributed by atoms with van der Waals surface area (Å²) in [7, 11) is 0. The van der Waals surface area contributed by atoms with E-state index in [1.165, 1.54) is 0 Å². The molecule has 5 heteroatoms. The zero-order chi connectivity index (χ0) is 14.0. The molecule has 0 aromatic carbocycles. The van der Waals surface area contributed by atoms with E-state index in [0.29, 0.717) is 13.1 Å². The molecule has 1 rings (SSSR count). The average Bonchev–Trinajstić information content (AvgIpc) is 2.25. The number of nitrogens with zero attached hydrogens (tertiary/aromatic N) is 1. The highest BCUT2D eigenvalue weighted by Crippen LogP contribution is 2.23.